The smallest absolute Gasteiger partial charge is 0.144 e. The number of aryl methyl sites for hydroxylation is 1. The molecule has 0 radical (unpaired) electrons. The number of ether oxygens (including phenoxy) is 1. The molecule has 15 heavy (non-hydrogen) atoms. The third-order valence-electron chi connectivity index (χ3n) is 1.85. The van der Waals surface area contributed by atoms with E-state index in [1.165, 1.54) is 0 Å². The highest BCUT2D eigenvalue weighted by Gasteiger charge is 2.01. The number of amidine groups is 1. The summed E-state index contributed by atoms with van der Waals surface area (Å²) in [5, 5.41) is 0. The number of methoxy groups -OCH3 is 1. The first-order chi connectivity index (χ1) is 7.27. The van der Waals surface area contributed by atoms with E-state index < -0.39 is 0 Å². The maximum absolute atomic E-state index is 5.39. The van der Waals surface area contributed by atoms with E-state index >= 15 is 0 Å². The zero-order valence-electron chi connectivity index (χ0n) is 9.03. The number of hydrazine groups is 1. The zero-order valence-corrected chi connectivity index (χ0v) is 9.03. The number of aromatic nitrogens is 1. The summed E-state index contributed by atoms with van der Waals surface area (Å²) in [6.07, 6.45) is 3.51. The molecular formula is C10H16N4O. The lowest BCUT2D eigenvalue weighted by molar-refractivity contribution is 0.208. The number of nitrogens with two attached hydrogens (primary N) is 1. The fourth-order valence-corrected chi connectivity index (χ4v) is 1.15. The Bertz CT molecular complexity index is 338. The Kier molecular flexibility index (Phi) is 4.73. The number of rotatable bonds is 4. The van der Waals surface area contributed by atoms with Crippen LogP contribution in [0.2, 0.25) is 0 Å². The van der Waals surface area contributed by atoms with Crippen molar-refractivity contribution >= 4 is 5.84 Å². The number of hydrogen-bond donors (Lipinski definition) is 2. The fraction of sp³-hybridized carbons (Fsp3) is 0.400. The number of hydrogen-bond acceptors (Lipinski definition) is 4. The van der Waals surface area contributed by atoms with E-state index in [0.29, 0.717) is 19.0 Å². The Hall–Kier alpha value is -1.46. The molecule has 0 aliphatic carbocycles. The third-order valence-corrected chi connectivity index (χ3v) is 1.85. The fourth-order valence-electron chi connectivity index (χ4n) is 1.15. The summed E-state index contributed by atoms with van der Waals surface area (Å²) in [5.41, 5.74) is 4.51. The van der Waals surface area contributed by atoms with Gasteiger partial charge in [-0.25, -0.2) is 5.84 Å². The van der Waals surface area contributed by atoms with Crippen LogP contribution >= 0.6 is 0 Å². The van der Waals surface area contributed by atoms with Crippen LogP contribution < -0.4 is 11.3 Å². The van der Waals surface area contributed by atoms with E-state index in [4.69, 9.17) is 10.6 Å². The van der Waals surface area contributed by atoms with Gasteiger partial charge in [-0.3, -0.25) is 9.98 Å². The van der Waals surface area contributed by atoms with Crippen molar-refractivity contribution in [2.24, 2.45) is 10.8 Å². The van der Waals surface area contributed by atoms with Crippen LogP contribution in [-0.2, 0) is 4.74 Å². The van der Waals surface area contributed by atoms with Crippen molar-refractivity contribution in [3.63, 3.8) is 0 Å². The van der Waals surface area contributed by atoms with E-state index in [1.807, 2.05) is 13.0 Å². The minimum absolute atomic E-state index is 0.573. The molecule has 0 aliphatic rings. The molecule has 0 spiro atoms. The quantitative estimate of drug-likeness (QED) is 0.244. The summed E-state index contributed by atoms with van der Waals surface area (Å²) in [4.78, 5) is 8.33. The van der Waals surface area contributed by atoms with Crippen molar-refractivity contribution in [3.05, 3.63) is 29.6 Å². The second kappa shape index (κ2) is 6.10. The standard InChI is InChI=1S/C10H16N4O/c1-8-5-9(7-12-6-8)10(14-11)13-3-4-15-2/h5-7H,3-4,11H2,1-2H3,(H,13,14). The van der Waals surface area contributed by atoms with Gasteiger partial charge in [0, 0.05) is 25.1 Å². The normalized spacial score (nSPS) is 11.5. The molecule has 5 nitrogen and oxygen atoms in total. The molecule has 0 atom stereocenters. The largest absolute Gasteiger partial charge is 0.383 e. The molecule has 0 saturated carbocycles. The van der Waals surface area contributed by atoms with Crippen molar-refractivity contribution in [2.45, 2.75) is 6.92 Å². The molecule has 0 aromatic carbocycles. The topological polar surface area (TPSA) is 72.5 Å². The highest BCUT2D eigenvalue weighted by atomic mass is 16.5. The first kappa shape index (κ1) is 11.6. The van der Waals surface area contributed by atoms with Crippen LogP contribution in [-0.4, -0.2) is 31.1 Å². The van der Waals surface area contributed by atoms with Crippen molar-refractivity contribution in [1.82, 2.24) is 10.4 Å². The van der Waals surface area contributed by atoms with Gasteiger partial charge in [0.15, 0.2) is 0 Å². The summed E-state index contributed by atoms with van der Waals surface area (Å²) in [6.45, 7) is 3.12. The molecule has 1 aromatic rings. The van der Waals surface area contributed by atoms with Crippen LogP contribution in [0, 0.1) is 6.92 Å². The van der Waals surface area contributed by atoms with Gasteiger partial charge in [-0.15, -0.1) is 0 Å². The van der Waals surface area contributed by atoms with Crippen molar-refractivity contribution in [1.29, 1.82) is 0 Å². The average Bonchev–Trinajstić information content (AvgIpc) is 2.24. The van der Waals surface area contributed by atoms with Gasteiger partial charge in [-0.05, 0) is 18.6 Å². The van der Waals surface area contributed by atoms with Crippen molar-refractivity contribution in [3.8, 4) is 0 Å². The molecule has 5 heteroatoms. The highest BCUT2D eigenvalue weighted by molar-refractivity contribution is 5.98. The predicted octanol–water partition coefficient (Wildman–Crippen LogP) is 0.246. The minimum atomic E-state index is 0.573. The molecule has 0 aliphatic heterocycles. The molecule has 1 aromatic heterocycles. The minimum Gasteiger partial charge on any atom is -0.383 e. The number of nitrogens with zero attached hydrogens (tertiary/aromatic N) is 2. The van der Waals surface area contributed by atoms with Crippen molar-refractivity contribution < 1.29 is 4.74 Å². The number of nitrogens with one attached hydrogen (secondary N) is 1. The summed E-state index contributed by atoms with van der Waals surface area (Å²) < 4.78 is 4.91. The Balaban J connectivity index is 2.77. The summed E-state index contributed by atoms with van der Waals surface area (Å²) in [5.74, 6) is 6.02. The Morgan fingerprint density at radius 3 is 3.00 bits per heavy atom. The van der Waals surface area contributed by atoms with E-state index in [2.05, 4.69) is 15.4 Å². The van der Waals surface area contributed by atoms with E-state index in [1.54, 1.807) is 19.5 Å². The second-order valence-electron chi connectivity index (χ2n) is 3.12. The highest BCUT2D eigenvalue weighted by Crippen LogP contribution is 2.01. The van der Waals surface area contributed by atoms with Crippen LogP contribution in [0.1, 0.15) is 11.1 Å². The molecular weight excluding hydrogens is 192 g/mol. The molecule has 1 rings (SSSR count). The van der Waals surface area contributed by atoms with Gasteiger partial charge >= 0.3 is 0 Å². The number of pyridine rings is 1. The van der Waals surface area contributed by atoms with Gasteiger partial charge in [0.25, 0.3) is 0 Å². The van der Waals surface area contributed by atoms with Gasteiger partial charge in [-0.1, -0.05) is 0 Å². The molecule has 3 N–H and O–H groups in total. The maximum Gasteiger partial charge on any atom is 0.144 e. The molecule has 0 saturated heterocycles. The summed E-state index contributed by atoms with van der Waals surface area (Å²) in [6, 6.07) is 1.97. The van der Waals surface area contributed by atoms with E-state index in [9.17, 15) is 0 Å². The zero-order chi connectivity index (χ0) is 11.1. The summed E-state index contributed by atoms with van der Waals surface area (Å²) >= 11 is 0. The molecule has 0 bridgehead atoms. The Labute approximate surface area is 89.3 Å². The van der Waals surface area contributed by atoms with Gasteiger partial charge in [0.05, 0.1) is 13.2 Å². The Morgan fingerprint density at radius 1 is 1.60 bits per heavy atom. The second-order valence-corrected chi connectivity index (χ2v) is 3.12. The molecule has 0 amide bonds. The van der Waals surface area contributed by atoms with Gasteiger partial charge in [-0.2, -0.15) is 0 Å². The van der Waals surface area contributed by atoms with Crippen molar-refractivity contribution in [2.75, 3.05) is 20.3 Å². The van der Waals surface area contributed by atoms with Gasteiger partial charge in [0.2, 0.25) is 0 Å². The lowest BCUT2D eigenvalue weighted by Crippen LogP contribution is -2.31. The van der Waals surface area contributed by atoms with Crippen LogP contribution in [0.15, 0.2) is 23.5 Å². The number of aliphatic imine (C=N–C) groups is 1. The van der Waals surface area contributed by atoms with Crippen LogP contribution in [0.3, 0.4) is 0 Å². The maximum atomic E-state index is 5.39. The average molecular weight is 208 g/mol. The van der Waals surface area contributed by atoms with E-state index in [-0.39, 0.29) is 0 Å². The molecule has 82 valence electrons. The third kappa shape index (κ3) is 3.65. The lowest BCUT2D eigenvalue weighted by atomic mass is 10.2. The van der Waals surface area contributed by atoms with Gasteiger partial charge in [0.1, 0.15) is 5.84 Å². The molecule has 1 heterocycles. The van der Waals surface area contributed by atoms with Crippen LogP contribution in [0.4, 0.5) is 0 Å². The molecule has 0 fully saturated rings. The van der Waals surface area contributed by atoms with Crippen LogP contribution in [0.25, 0.3) is 0 Å². The Morgan fingerprint density at radius 2 is 2.40 bits per heavy atom. The lowest BCUT2D eigenvalue weighted by Gasteiger charge is -2.05. The summed E-state index contributed by atoms with van der Waals surface area (Å²) in [7, 11) is 1.64. The monoisotopic (exact) mass is 208 g/mol. The first-order valence-electron chi connectivity index (χ1n) is 4.70. The SMILES string of the molecule is COCCN=C(NN)c1cncc(C)c1. The molecule has 0 unspecified atom stereocenters. The van der Waals surface area contributed by atoms with Crippen LogP contribution in [0.5, 0.6) is 0 Å². The van der Waals surface area contributed by atoms with E-state index in [0.717, 1.165) is 11.1 Å². The first-order valence-corrected chi connectivity index (χ1v) is 4.70. The van der Waals surface area contributed by atoms with Gasteiger partial charge < -0.3 is 10.2 Å². The predicted molar refractivity (Wildman–Crippen MR) is 59.6 cm³/mol.